The zero-order valence-electron chi connectivity index (χ0n) is 16.5. The number of benzene rings is 2. The van der Waals surface area contributed by atoms with Crippen molar-refractivity contribution in [2.24, 2.45) is 5.92 Å². The smallest absolute Gasteiger partial charge is 0.243 e. The van der Waals surface area contributed by atoms with Gasteiger partial charge in [-0.3, -0.25) is 14.4 Å². The number of hydrogen-bond donors (Lipinski definition) is 2. The van der Waals surface area contributed by atoms with Crippen molar-refractivity contribution in [3.05, 3.63) is 64.6 Å². The Balaban J connectivity index is 1.45. The highest BCUT2D eigenvalue weighted by atomic mass is 79.9. The fourth-order valence-electron chi connectivity index (χ4n) is 3.68. The summed E-state index contributed by atoms with van der Waals surface area (Å²) >= 11 is 3.42. The first-order valence-corrected chi connectivity index (χ1v) is 11.0. The summed E-state index contributed by atoms with van der Waals surface area (Å²) < 4.78 is 0.875. The molecule has 2 N–H and O–H groups in total. The minimum absolute atomic E-state index is 0.191. The average molecular weight is 470 g/mol. The van der Waals surface area contributed by atoms with Crippen LogP contribution in [0.15, 0.2) is 59.1 Å². The summed E-state index contributed by atoms with van der Waals surface area (Å²) in [5.74, 6) is -1.59. The Morgan fingerprint density at radius 1 is 1.07 bits per heavy atom. The van der Waals surface area contributed by atoms with Gasteiger partial charge in [0.25, 0.3) is 0 Å². The van der Waals surface area contributed by atoms with Crippen LogP contribution in [0, 0.1) is 5.92 Å². The van der Waals surface area contributed by atoms with Crippen molar-refractivity contribution < 1.29 is 14.4 Å². The third kappa shape index (κ3) is 4.90. The molecule has 6 nitrogen and oxygen atoms in total. The lowest BCUT2D eigenvalue weighted by Crippen LogP contribution is -2.51. The molecule has 2 aliphatic rings. The van der Waals surface area contributed by atoms with E-state index in [2.05, 4.69) is 26.6 Å². The molecule has 1 heterocycles. The van der Waals surface area contributed by atoms with Crippen molar-refractivity contribution in [3.8, 4) is 0 Å². The van der Waals surface area contributed by atoms with E-state index in [1.807, 2.05) is 54.6 Å². The van der Waals surface area contributed by atoms with Crippen molar-refractivity contribution in [2.75, 3.05) is 11.4 Å². The molecule has 1 aliphatic carbocycles. The predicted molar refractivity (Wildman–Crippen MR) is 118 cm³/mol. The summed E-state index contributed by atoms with van der Waals surface area (Å²) in [5.41, 5.74) is 1.72. The van der Waals surface area contributed by atoms with E-state index in [0.29, 0.717) is 19.4 Å². The third-order valence-electron chi connectivity index (χ3n) is 5.48. The van der Waals surface area contributed by atoms with Crippen LogP contribution in [-0.2, 0) is 20.8 Å². The molecule has 4 rings (SSSR count). The van der Waals surface area contributed by atoms with Crippen LogP contribution in [0.5, 0.6) is 0 Å². The predicted octanol–water partition coefficient (Wildman–Crippen LogP) is 2.81. The largest absolute Gasteiger partial charge is 0.352 e. The topological polar surface area (TPSA) is 78.5 Å². The van der Waals surface area contributed by atoms with E-state index in [-0.39, 0.29) is 23.8 Å². The first-order chi connectivity index (χ1) is 14.5. The van der Waals surface area contributed by atoms with Gasteiger partial charge in [0.1, 0.15) is 12.0 Å². The number of hydrogen-bond acceptors (Lipinski definition) is 3. The Kier molecular flexibility index (Phi) is 6.18. The number of carbonyl (C=O) groups is 3. The second-order valence-electron chi connectivity index (χ2n) is 7.84. The molecule has 2 aromatic carbocycles. The van der Waals surface area contributed by atoms with Crippen molar-refractivity contribution in [1.82, 2.24) is 10.6 Å². The number of carbonyl (C=O) groups excluding carboxylic acids is 3. The quantitative estimate of drug-likeness (QED) is 0.611. The van der Waals surface area contributed by atoms with Gasteiger partial charge in [-0.15, -0.1) is 0 Å². The molecule has 1 saturated heterocycles. The molecule has 2 fully saturated rings. The zero-order chi connectivity index (χ0) is 21.1. The number of nitrogens with one attached hydrogen (secondary N) is 2. The van der Waals surface area contributed by atoms with E-state index in [0.717, 1.165) is 28.6 Å². The van der Waals surface area contributed by atoms with Crippen LogP contribution in [0.4, 0.5) is 5.69 Å². The van der Waals surface area contributed by atoms with E-state index < -0.39 is 12.0 Å². The molecule has 2 atom stereocenters. The van der Waals surface area contributed by atoms with Crippen LogP contribution in [0.25, 0.3) is 0 Å². The van der Waals surface area contributed by atoms with E-state index in [4.69, 9.17) is 0 Å². The van der Waals surface area contributed by atoms with Gasteiger partial charge in [0, 0.05) is 29.2 Å². The molecule has 0 radical (unpaired) electrons. The average Bonchev–Trinajstić information content (AvgIpc) is 3.46. The molecule has 2 aromatic rings. The van der Waals surface area contributed by atoms with Crippen LogP contribution in [-0.4, -0.2) is 36.3 Å². The van der Waals surface area contributed by atoms with E-state index >= 15 is 0 Å². The Bertz CT molecular complexity index is 946. The highest BCUT2D eigenvalue weighted by Gasteiger charge is 2.39. The van der Waals surface area contributed by atoms with Crippen molar-refractivity contribution in [1.29, 1.82) is 0 Å². The van der Waals surface area contributed by atoms with Crippen LogP contribution in [0.1, 0.15) is 24.8 Å². The van der Waals surface area contributed by atoms with E-state index in [1.54, 1.807) is 4.90 Å². The second kappa shape index (κ2) is 9.00. The maximum atomic E-state index is 13.0. The number of rotatable bonds is 7. The van der Waals surface area contributed by atoms with Gasteiger partial charge in [0.2, 0.25) is 17.7 Å². The molecular formula is C23H24BrN3O3. The molecule has 1 aliphatic heterocycles. The van der Waals surface area contributed by atoms with Crippen LogP contribution >= 0.6 is 15.9 Å². The van der Waals surface area contributed by atoms with Gasteiger partial charge in [0.15, 0.2) is 0 Å². The summed E-state index contributed by atoms with van der Waals surface area (Å²) in [7, 11) is 0. The Hall–Kier alpha value is -2.67. The van der Waals surface area contributed by atoms with Gasteiger partial charge in [0.05, 0.1) is 0 Å². The Morgan fingerprint density at radius 2 is 1.83 bits per heavy atom. The van der Waals surface area contributed by atoms with E-state index in [9.17, 15) is 14.4 Å². The lowest BCUT2D eigenvalue weighted by atomic mass is 10.0. The fourth-order valence-corrected chi connectivity index (χ4v) is 4.07. The van der Waals surface area contributed by atoms with Crippen molar-refractivity contribution in [3.63, 3.8) is 0 Å². The monoisotopic (exact) mass is 469 g/mol. The highest BCUT2D eigenvalue weighted by Crippen LogP contribution is 2.27. The molecule has 2 unspecified atom stereocenters. The van der Waals surface area contributed by atoms with Crippen LogP contribution in [0.3, 0.4) is 0 Å². The molecular weight excluding hydrogens is 446 g/mol. The van der Waals surface area contributed by atoms with Crippen LogP contribution < -0.4 is 15.5 Å². The van der Waals surface area contributed by atoms with Gasteiger partial charge in [-0.2, -0.15) is 0 Å². The number of amides is 3. The Morgan fingerprint density at radius 3 is 2.53 bits per heavy atom. The molecule has 1 saturated carbocycles. The maximum Gasteiger partial charge on any atom is 0.243 e. The zero-order valence-corrected chi connectivity index (χ0v) is 18.1. The van der Waals surface area contributed by atoms with Crippen LogP contribution in [0.2, 0.25) is 0 Å². The molecule has 156 valence electrons. The molecule has 30 heavy (non-hydrogen) atoms. The van der Waals surface area contributed by atoms with Crippen molar-refractivity contribution in [2.45, 2.75) is 37.8 Å². The number of anilines is 1. The molecule has 0 aromatic heterocycles. The summed E-state index contributed by atoms with van der Waals surface area (Å²) in [5, 5.41) is 5.81. The second-order valence-corrected chi connectivity index (χ2v) is 8.76. The third-order valence-corrected chi connectivity index (χ3v) is 5.97. The Labute approximate surface area is 184 Å². The number of halogens is 1. The van der Waals surface area contributed by atoms with E-state index in [1.165, 1.54) is 0 Å². The minimum Gasteiger partial charge on any atom is -0.352 e. The maximum absolute atomic E-state index is 13.0. The summed E-state index contributed by atoms with van der Waals surface area (Å²) in [4.78, 5) is 40.2. The molecule has 0 bridgehead atoms. The molecule has 3 amide bonds. The summed E-state index contributed by atoms with van der Waals surface area (Å²) in [6.45, 7) is 0.477. The highest BCUT2D eigenvalue weighted by molar-refractivity contribution is 9.10. The fraction of sp³-hybridized carbons (Fsp3) is 0.348. The number of nitrogens with zero attached hydrogens (tertiary/aromatic N) is 1. The van der Waals surface area contributed by atoms with Gasteiger partial charge in [-0.1, -0.05) is 52.3 Å². The molecule has 7 heteroatoms. The first-order valence-electron chi connectivity index (χ1n) is 10.2. The van der Waals surface area contributed by atoms with Gasteiger partial charge in [-0.25, -0.2) is 0 Å². The first kappa shape index (κ1) is 20.6. The standard InChI is InChI=1S/C23H24BrN3O3/c24-16-7-4-8-18(14-16)27-12-11-19(23(27)30)21(28)26-20(22(29)25-17-9-10-17)13-15-5-2-1-3-6-15/h1-8,14,17,19-20H,9-13H2,(H,25,29)(H,26,28). The normalized spacial score (nSPS) is 19.4. The molecule has 0 spiro atoms. The van der Waals surface area contributed by atoms with Gasteiger partial charge < -0.3 is 15.5 Å². The minimum atomic E-state index is -0.782. The van der Waals surface area contributed by atoms with Gasteiger partial charge >= 0.3 is 0 Å². The SMILES string of the molecule is O=C(NC1CC1)C(Cc1ccccc1)NC(=O)C1CCN(c2cccc(Br)c2)C1=O. The summed E-state index contributed by atoms with van der Waals surface area (Å²) in [6.07, 6.45) is 2.77. The van der Waals surface area contributed by atoms with Gasteiger partial charge in [-0.05, 0) is 43.0 Å². The summed E-state index contributed by atoms with van der Waals surface area (Å²) in [6, 6.07) is 16.5. The lowest BCUT2D eigenvalue weighted by molar-refractivity contribution is -0.135. The lowest BCUT2D eigenvalue weighted by Gasteiger charge is -2.21. The van der Waals surface area contributed by atoms with Crippen molar-refractivity contribution >= 4 is 39.3 Å².